The molecule has 0 saturated heterocycles. The summed E-state index contributed by atoms with van der Waals surface area (Å²) in [5.74, 6) is 0.591. The van der Waals surface area contributed by atoms with Gasteiger partial charge < -0.3 is 0 Å². The van der Waals surface area contributed by atoms with Crippen LogP contribution in [0.4, 0.5) is 5.69 Å². The Morgan fingerprint density at radius 3 is 2.65 bits per heavy atom. The highest BCUT2D eigenvalue weighted by atomic mass is 15.3. The third-order valence-electron chi connectivity index (χ3n) is 3.33. The van der Waals surface area contributed by atoms with Crippen molar-refractivity contribution in [2.45, 2.75) is 13.8 Å². The Balaban J connectivity index is 1.82. The van der Waals surface area contributed by atoms with Crippen molar-refractivity contribution in [2.24, 2.45) is 5.10 Å². The first-order valence-corrected chi connectivity index (χ1v) is 7.35. The van der Waals surface area contributed by atoms with Crippen molar-refractivity contribution in [2.75, 3.05) is 5.43 Å². The molecule has 23 heavy (non-hydrogen) atoms. The van der Waals surface area contributed by atoms with Gasteiger partial charge in [0.05, 0.1) is 17.6 Å². The lowest BCUT2D eigenvalue weighted by atomic mass is 10.2. The van der Waals surface area contributed by atoms with Crippen molar-refractivity contribution in [3.8, 4) is 11.4 Å². The van der Waals surface area contributed by atoms with Crippen molar-refractivity contribution >= 4 is 11.4 Å². The fourth-order valence-corrected chi connectivity index (χ4v) is 2.11. The smallest absolute Gasteiger partial charge is 0.182 e. The summed E-state index contributed by atoms with van der Waals surface area (Å²) >= 11 is 0. The number of anilines is 1. The monoisotopic (exact) mass is 303 g/mol. The van der Waals surface area contributed by atoms with Crippen LogP contribution in [0, 0.1) is 6.92 Å². The summed E-state index contributed by atoms with van der Waals surface area (Å²) < 4.78 is 0. The molecule has 0 aliphatic heterocycles. The molecule has 0 radical (unpaired) electrons. The number of nitrogens with zero attached hydrogens (tertiary/aromatic N) is 4. The van der Waals surface area contributed by atoms with Crippen molar-refractivity contribution in [3.63, 3.8) is 0 Å². The van der Waals surface area contributed by atoms with Gasteiger partial charge >= 0.3 is 0 Å². The lowest BCUT2D eigenvalue weighted by molar-refractivity contribution is 0.970. The van der Waals surface area contributed by atoms with Crippen LogP contribution in [0.5, 0.6) is 0 Å². The van der Waals surface area contributed by atoms with E-state index in [0.29, 0.717) is 11.5 Å². The molecule has 1 N–H and O–H groups in total. The first-order chi connectivity index (χ1) is 11.2. The van der Waals surface area contributed by atoms with Crippen molar-refractivity contribution in [3.05, 3.63) is 72.1 Å². The average molecular weight is 303 g/mol. The van der Waals surface area contributed by atoms with Crippen LogP contribution in [-0.4, -0.2) is 20.9 Å². The summed E-state index contributed by atoms with van der Waals surface area (Å²) in [6.45, 7) is 3.93. The van der Waals surface area contributed by atoms with E-state index < -0.39 is 0 Å². The summed E-state index contributed by atoms with van der Waals surface area (Å²) in [6, 6.07) is 17.8. The van der Waals surface area contributed by atoms with Gasteiger partial charge in [0.25, 0.3) is 0 Å². The molecule has 0 bridgehead atoms. The van der Waals surface area contributed by atoms with Crippen LogP contribution in [0.25, 0.3) is 11.4 Å². The number of hydrogen-bond acceptors (Lipinski definition) is 5. The SMILES string of the molecule is C/C(=N/Nc1cccc(C)c1)c1cnnc(-c2ccccc2)n1. The zero-order chi connectivity index (χ0) is 16.1. The highest BCUT2D eigenvalue weighted by Gasteiger charge is 2.05. The Labute approximate surface area is 135 Å². The van der Waals surface area contributed by atoms with Crippen molar-refractivity contribution < 1.29 is 0 Å². The lowest BCUT2D eigenvalue weighted by Crippen LogP contribution is -2.05. The van der Waals surface area contributed by atoms with Crippen LogP contribution in [0.2, 0.25) is 0 Å². The number of benzene rings is 2. The molecule has 0 aliphatic carbocycles. The lowest BCUT2D eigenvalue weighted by Gasteiger charge is -2.05. The molecule has 3 rings (SSSR count). The minimum Gasteiger partial charge on any atom is -0.278 e. The number of rotatable bonds is 4. The summed E-state index contributed by atoms with van der Waals surface area (Å²) in [5, 5.41) is 12.5. The Morgan fingerprint density at radius 1 is 1.04 bits per heavy atom. The average Bonchev–Trinajstić information content (AvgIpc) is 2.61. The van der Waals surface area contributed by atoms with Gasteiger partial charge in [-0.05, 0) is 31.5 Å². The van der Waals surface area contributed by atoms with Gasteiger partial charge in [0.15, 0.2) is 5.82 Å². The second-order valence-electron chi connectivity index (χ2n) is 5.21. The summed E-state index contributed by atoms with van der Waals surface area (Å²) in [4.78, 5) is 4.53. The third-order valence-corrected chi connectivity index (χ3v) is 3.33. The number of hydrazone groups is 1. The van der Waals surface area contributed by atoms with E-state index in [0.717, 1.165) is 17.0 Å². The van der Waals surface area contributed by atoms with Gasteiger partial charge in [-0.15, -0.1) is 5.10 Å². The Hall–Kier alpha value is -3.08. The van der Waals surface area contributed by atoms with Gasteiger partial charge in [0.1, 0.15) is 5.69 Å². The number of hydrogen-bond donors (Lipinski definition) is 1. The highest BCUT2D eigenvalue weighted by molar-refractivity contribution is 5.97. The topological polar surface area (TPSA) is 63.1 Å². The molecular weight excluding hydrogens is 286 g/mol. The van der Waals surface area contributed by atoms with E-state index in [1.54, 1.807) is 6.20 Å². The molecule has 0 fully saturated rings. The molecule has 5 heteroatoms. The molecule has 2 aromatic carbocycles. The third kappa shape index (κ3) is 3.77. The van der Waals surface area contributed by atoms with Gasteiger partial charge in [-0.25, -0.2) is 4.98 Å². The quantitative estimate of drug-likeness (QED) is 0.590. The van der Waals surface area contributed by atoms with E-state index in [2.05, 4.69) is 25.7 Å². The molecule has 0 aliphatic rings. The van der Waals surface area contributed by atoms with Crippen LogP contribution in [-0.2, 0) is 0 Å². The number of aryl methyl sites for hydroxylation is 1. The fourth-order valence-electron chi connectivity index (χ4n) is 2.11. The first-order valence-electron chi connectivity index (χ1n) is 7.35. The fraction of sp³-hybridized carbons (Fsp3) is 0.111. The molecule has 0 amide bonds. The standard InChI is InChI=1S/C18H17N5/c1-13-7-6-10-16(11-13)22-21-14(2)17-12-19-23-18(20-17)15-8-4-3-5-9-15/h3-12,22H,1-2H3/b21-14-. The van der Waals surface area contributed by atoms with E-state index in [9.17, 15) is 0 Å². The minimum atomic E-state index is 0.591. The highest BCUT2D eigenvalue weighted by Crippen LogP contribution is 2.13. The van der Waals surface area contributed by atoms with E-state index in [1.807, 2.05) is 68.4 Å². The normalized spacial score (nSPS) is 11.3. The second-order valence-corrected chi connectivity index (χ2v) is 5.21. The van der Waals surface area contributed by atoms with E-state index in [4.69, 9.17) is 0 Å². The molecule has 0 saturated carbocycles. The molecule has 5 nitrogen and oxygen atoms in total. The Kier molecular flexibility index (Phi) is 4.38. The number of nitrogens with one attached hydrogen (secondary N) is 1. The molecule has 3 aromatic rings. The van der Waals surface area contributed by atoms with Crippen LogP contribution in [0.1, 0.15) is 18.2 Å². The molecular formula is C18H17N5. The van der Waals surface area contributed by atoms with Gasteiger partial charge in [0, 0.05) is 5.56 Å². The Bertz CT molecular complexity index is 828. The molecule has 1 aromatic heterocycles. The maximum Gasteiger partial charge on any atom is 0.182 e. The summed E-state index contributed by atoms with van der Waals surface area (Å²) in [6.07, 6.45) is 1.61. The van der Waals surface area contributed by atoms with Gasteiger partial charge in [-0.1, -0.05) is 42.5 Å². The first kappa shape index (κ1) is 14.8. The van der Waals surface area contributed by atoms with E-state index >= 15 is 0 Å². The minimum absolute atomic E-state index is 0.591. The summed E-state index contributed by atoms with van der Waals surface area (Å²) in [5.41, 5.74) is 7.53. The molecule has 0 spiro atoms. The molecule has 1 heterocycles. The predicted molar refractivity (Wildman–Crippen MR) is 92.3 cm³/mol. The number of aromatic nitrogens is 3. The molecule has 0 atom stereocenters. The zero-order valence-corrected chi connectivity index (χ0v) is 13.1. The van der Waals surface area contributed by atoms with Crippen molar-refractivity contribution in [1.29, 1.82) is 0 Å². The van der Waals surface area contributed by atoms with Crippen LogP contribution < -0.4 is 5.43 Å². The van der Waals surface area contributed by atoms with E-state index in [1.165, 1.54) is 5.56 Å². The Morgan fingerprint density at radius 2 is 1.87 bits per heavy atom. The maximum atomic E-state index is 4.53. The van der Waals surface area contributed by atoms with Gasteiger partial charge in [-0.3, -0.25) is 5.43 Å². The largest absolute Gasteiger partial charge is 0.278 e. The predicted octanol–water partition coefficient (Wildman–Crippen LogP) is 3.68. The van der Waals surface area contributed by atoms with Gasteiger partial charge in [0.2, 0.25) is 0 Å². The van der Waals surface area contributed by atoms with Crippen LogP contribution in [0.3, 0.4) is 0 Å². The maximum absolute atomic E-state index is 4.53. The van der Waals surface area contributed by atoms with E-state index in [-0.39, 0.29) is 0 Å². The van der Waals surface area contributed by atoms with Crippen LogP contribution >= 0.6 is 0 Å². The van der Waals surface area contributed by atoms with Gasteiger partial charge in [-0.2, -0.15) is 10.2 Å². The molecule has 0 unspecified atom stereocenters. The van der Waals surface area contributed by atoms with Crippen LogP contribution in [0.15, 0.2) is 65.9 Å². The zero-order valence-electron chi connectivity index (χ0n) is 13.1. The second kappa shape index (κ2) is 6.79. The summed E-state index contributed by atoms with van der Waals surface area (Å²) in [7, 11) is 0. The van der Waals surface area contributed by atoms with Crippen molar-refractivity contribution in [1.82, 2.24) is 15.2 Å². The molecule has 114 valence electrons.